The van der Waals surface area contributed by atoms with Crippen molar-refractivity contribution in [1.29, 1.82) is 0 Å². The van der Waals surface area contributed by atoms with Crippen molar-refractivity contribution < 1.29 is 54.9 Å². The molecule has 5 aromatic rings. The molecule has 0 radical (unpaired) electrons. The highest BCUT2D eigenvalue weighted by molar-refractivity contribution is 9.10. The van der Waals surface area contributed by atoms with Crippen LogP contribution in [0.3, 0.4) is 0 Å². The third-order valence-electron chi connectivity index (χ3n) is 10.6. The second kappa shape index (κ2) is 21.7. The summed E-state index contributed by atoms with van der Waals surface area (Å²) < 4.78 is 108. The van der Waals surface area contributed by atoms with Gasteiger partial charge < -0.3 is 34.5 Å². The summed E-state index contributed by atoms with van der Waals surface area (Å²) in [5, 5.41) is 11.6. The van der Waals surface area contributed by atoms with Gasteiger partial charge in [0.2, 0.25) is 0 Å². The highest BCUT2D eigenvalue weighted by Crippen LogP contribution is 2.49. The molecule has 0 unspecified atom stereocenters. The maximum absolute atomic E-state index is 14.4. The number of halogens is 8. The fraction of sp³-hybridized carbons (Fsp3) is 0.447. The summed E-state index contributed by atoms with van der Waals surface area (Å²) >= 11 is 6.72. The van der Waals surface area contributed by atoms with Crippen LogP contribution in [0.2, 0.25) is 19.6 Å². The first kappa shape index (κ1) is 55.2. The molecule has 0 bridgehead atoms. The number of methoxy groups -OCH3 is 3. The summed E-state index contributed by atoms with van der Waals surface area (Å²) in [7, 11) is 1.32. The topological polar surface area (TPSA) is 129 Å². The number of anilines is 1. The van der Waals surface area contributed by atoms with Gasteiger partial charge in [-0.3, -0.25) is 9.78 Å². The van der Waals surface area contributed by atoms with Crippen LogP contribution in [0.25, 0.3) is 10.9 Å². The summed E-state index contributed by atoms with van der Waals surface area (Å²) in [5.74, 6) is -0.0256. The molecule has 4 N–H and O–H groups in total. The number of nitrogens with one attached hydrogen (secondary N) is 1. The molecule has 0 aliphatic rings. The lowest BCUT2D eigenvalue weighted by Gasteiger charge is -2.44. The minimum Gasteiger partial charge on any atom is -0.496 e. The Kier molecular flexibility index (Phi) is 18.4. The predicted molar refractivity (Wildman–Crippen MR) is 253 cm³/mol. The highest BCUT2D eigenvalue weighted by Gasteiger charge is 2.61. The fourth-order valence-corrected chi connectivity index (χ4v) is 9.78. The van der Waals surface area contributed by atoms with Gasteiger partial charge in [-0.2, -0.15) is 26.3 Å². The number of hydrogen-bond acceptors (Lipinski definition) is 8. The number of nitrogen functional groups attached to an aromatic ring is 1. The number of ether oxygens (including phenoxy) is 3. The smallest absolute Gasteiger partial charge is 0.417 e. The number of aromatic nitrogens is 2. The second-order valence-electron chi connectivity index (χ2n) is 18.1. The number of carbonyl (C=O) groups excluding carboxylic acids is 1. The van der Waals surface area contributed by atoms with E-state index in [4.69, 9.17) is 19.6 Å². The Hall–Kier alpha value is -4.10. The second-order valence-corrected chi connectivity index (χ2v) is 24.4. The average Bonchev–Trinajstić information content (AvgIpc) is 3.59. The summed E-state index contributed by atoms with van der Waals surface area (Å²) in [6.45, 7) is 13.7. The zero-order valence-corrected chi connectivity index (χ0v) is 42.6. The van der Waals surface area contributed by atoms with E-state index in [1.54, 1.807) is 108 Å². The van der Waals surface area contributed by atoms with E-state index < -0.39 is 74.4 Å². The van der Waals surface area contributed by atoms with Crippen molar-refractivity contribution in [2.45, 2.75) is 114 Å². The monoisotopic (exact) mass is 1060 g/mol. The van der Waals surface area contributed by atoms with Gasteiger partial charge in [-0.15, -0.1) is 0 Å². The molecule has 358 valence electrons. The van der Waals surface area contributed by atoms with Crippen LogP contribution in [0.4, 0.5) is 32.0 Å². The minimum atomic E-state index is -4.82. The molecule has 2 heterocycles. The number of esters is 1. The molecule has 9 nitrogen and oxygen atoms in total. The number of para-hydroxylation sites is 1. The molecule has 18 heteroatoms. The maximum Gasteiger partial charge on any atom is 0.417 e. The molecule has 2 atom stereocenters. The van der Waals surface area contributed by atoms with Gasteiger partial charge in [0.05, 0.1) is 39.5 Å². The first-order valence-corrected chi connectivity index (χ1v) is 25.4. The summed E-state index contributed by atoms with van der Waals surface area (Å²) in [4.78, 5) is 18.8. The van der Waals surface area contributed by atoms with Crippen molar-refractivity contribution in [3.05, 3.63) is 117 Å². The van der Waals surface area contributed by atoms with Crippen molar-refractivity contribution in [2.24, 2.45) is 0 Å². The zero-order valence-electron chi connectivity index (χ0n) is 38.4. The molecule has 0 aliphatic heterocycles. The fourth-order valence-electron chi connectivity index (χ4n) is 7.63. The number of hydrogen-bond donors (Lipinski definition) is 3. The van der Waals surface area contributed by atoms with Gasteiger partial charge in [0.1, 0.15) is 11.5 Å². The van der Waals surface area contributed by atoms with Crippen molar-refractivity contribution in [3.8, 4) is 11.5 Å². The summed E-state index contributed by atoms with van der Waals surface area (Å²) in [5.41, 5.74) is 1.99. The minimum absolute atomic E-state index is 0.296. The number of nitrogens with zero attached hydrogens (tertiary/aromatic N) is 1. The predicted octanol–water partition coefficient (Wildman–Crippen LogP) is 13.0. The third-order valence-corrected chi connectivity index (χ3v) is 12.6. The van der Waals surface area contributed by atoms with E-state index in [0.29, 0.717) is 38.3 Å². The number of aryl methyl sites for hydroxylation is 1. The van der Waals surface area contributed by atoms with Crippen LogP contribution in [0, 0.1) is 6.92 Å². The molecule has 5 rings (SSSR count). The van der Waals surface area contributed by atoms with Gasteiger partial charge >= 0.3 is 18.3 Å². The van der Waals surface area contributed by atoms with E-state index in [1.807, 2.05) is 31.2 Å². The molecule has 3 aromatic carbocycles. The molecular formula is C47H59Br2F6N3O6Si. The van der Waals surface area contributed by atoms with Crippen LogP contribution >= 0.6 is 31.9 Å². The van der Waals surface area contributed by atoms with Crippen LogP contribution in [0.1, 0.15) is 69.3 Å². The van der Waals surface area contributed by atoms with E-state index >= 15 is 0 Å². The number of nitrogens with two attached hydrogens (primary N) is 1. The Labute approximate surface area is 395 Å². The Bertz CT molecular complexity index is 2320. The zero-order chi connectivity index (χ0) is 49.4. The van der Waals surface area contributed by atoms with Gasteiger partial charge in [-0.05, 0) is 110 Å². The van der Waals surface area contributed by atoms with Gasteiger partial charge in [0, 0.05) is 49.5 Å². The molecule has 0 saturated heterocycles. The van der Waals surface area contributed by atoms with Crippen molar-refractivity contribution >= 4 is 62.7 Å². The molecule has 2 aromatic heterocycles. The Morgan fingerprint density at radius 1 is 0.785 bits per heavy atom. The normalized spacial score (nSPS) is 14.2. The number of aliphatic hydroxyl groups is 1. The molecule has 0 spiro atoms. The number of aromatic amines is 1. The average molecular weight is 1060 g/mol. The molecule has 0 saturated carbocycles. The Morgan fingerprint density at radius 2 is 1.31 bits per heavy atom. The standard InChI is InChI=1S/C21H22BrF3N2O2.C19H28BrF3O4Si.C7H9N/c1-19(2,16-9-14(22)4-5-18(16)29-3)12-20(28,21(23,24)25)10-15-8-13-6-7-26-11-17(13)27-15;1-17(2,14-10-13(20)8-9-15(14)25-3)12-18(19(21,22)23,11-16(24)26-4)27-28(5,6)7;1-6-4-2-3-5-7(6)8/h4-9,11,27-28H,10,12H2,1-3H3;8-10H,11-12H2,1-7H3;2-5H,8H2,1H3/t20-;18-;/m00./s1. The van der Waals surface area contributed by atoms with Crippen LogP contribution in [0.5, 0.6) is 11.5 Å². The number of H-pyrrole nitrogens is 1. The molecule has 65 heavy (non-hydrogen) atoms. The Balaban J connectivity index is 0.000000295. The van der Waals surface area contributed by atoms with Crippen molar-refractivity contribution in [1.82, 2.24) is 9.97 Å². The largest absolute Gasteiger partial charge is 0.496 e. The lowest BCUT2D eigenvalue weighted by molar-refractivity contribution is -0.266. The van der Waals surface area contributed by atoms with Crippen LogP contribution in [0.15, 0.2) is 94.1 Å². The highest BCUT2D eigenvalue weighted by atomic mass is 79.9. The number of carbonyl (C=O) groups is 1. The molecule has 0 aliphatic carbocycles. The van der Waals surface area contributed by atoms with Crippen molar-refractivity contribution in [3.63, 3.8) is 0 Å². The van der Waals surface area contributed by atoms with Crippen LogP contribution in [-0.2, 0) is 31.2 Å². The number of rotatable bonds is 14. The van der Waals surface area contributed by atoms with Gasteiger partial charge in [0.15, 0.2) is 19.5 Å². The summed E-state index contributed by atoms with van der Waals surface area (Å²) in [6.07, 6.45) is -8.97. The van der Waals surface area contributed by atoms with Gasteiger partial charge in [0.25, 0.3) is 0 Å². The molecule has 0 amide bonds. The van der Waals surface area contributed by atoms with E-state index in [9.17, 15) is 36.2 Å². The number of alkyl halides is 6. The first-order chi connectivity index (χ1) is 29.8. The van der Waals surface area contributed by atoms with E-state index in [-0.39, 0.29) is 0 Å². The Morgan fingerprint density at radius 3 is 1.72 bits per heavy atom. The number of benzene rings is 3. The van der Waals surface area contributed by atoms with E-state index in [2.05, 4.69) is 46.6 Å². The SMILES string of the molecule is COC(=O)C[C@@](CC(C)(C)c1cc(Br)ccc1OC)(O[Si](C)(C)C)C(F)(F)F.COc1ccc(Br)cc1C(C)(C)C[C@@](O)(Cc1cc2ccncc2[nH]1)C(F)(F)F.Cc1ccccc1N. The van der Waals surface area contributed by atoms with E-state index in [0.717, 1.165) is 28.2 Å². The first-order valence-electron chi connectivity index (χ1n) is 20.4. The quantitative estimate of drug-likeness (QED) is 0.0434. The third kappa shape index (κ3) is 14.9. The van der Waals surface area contributed by atoms with Crippen molar-refractivity contribution in [2.75, 3.05) is 27.1 Å². The summed E-state index contributed by atoms with van der Waals surface area (Å²) in [6, 6.07) is 21.5. The maximum atomic E-state index is 14.4. The number of pyridine rings is 1. The van der Waals surface area contributed by atoms with E-state index in [1.165, 1.54) is 14.2 Å². The number of fused-ring (bicyclic) bond motifs is 1. The molecular weight excluding hydrogens is 1000 g/mol. The lowest BCUT2D eigenvalue weighted by atomic mass is 9.73. The van der Waals surface area contributed by atoms with Gasteiger partial charge in [-0.1, -0.05) is 77.8 Å². The molecule has 0 fully saturated rings. The van der Waals surface area contributed by atoms with Gasteiger partial charge in [-0.25, -0.2) is 0 Å². The lowest BCUT2D eigenvalue weighted by Crippen LogP contribution is -2.57. The van der Waals surface area contributed by atoms with Crippen LogP contribution in [-0.4, -0.2) is 74.2 Å². The van der Waals surface area contributed by atoms with Crippen LogP contribution < -0.4 is 15.2 Å².